The maximum atomic E-state index is 6.22. The molecular weight excluding hydrogens is 248 g/mol. The summed E-state index contributed by atoms with van der Waals surface area (Å²) in [6.45, 7) is 6.04. The lowest BCUT2D eigenvalue weighted by Crippen LogP contribution is -2.43. The summed E-state index contributed by atoms with van der Waals surface area (Å²) in [5.74, 6) is 3.59. The van der Waals surface area contributed by atoms with Crippen LogP contribution >= 0.6 is 11.8 Å². The Kier molecular flexibility index (Phi) is 5.03. The SMILES string of the molecule is CC(C)Cn1ncnc1CC(N)C1CSCCO1. The third-order valence-corrected chi connectivity index (χ3v) is 3.99. The lowest BCUT2D eigenvalue weighted by Gasteiger charge is -2.27. The van der Waals surface area contributed by atoms with Crippen LogP contribution in [0.3, 0.4) is 0 Å². The van der Waals surface area contributed by atoms with Gasteiger partial charge in [0.15, 0.2) is 0 Å². The Hall–Kier alpha value is -0.590. The zero-order valence-electron chi connectivity index (χ0n) is 11.1. The predicted molar refractivity (Wildman–Crippen MR) is 73.6 cm³/mol. The van der Waals surface area contributed by atoms with Gasteiger partial charge < -0.3 is 10.5 Å². The number of rotatable bonds is 5. The monoisotopic (exact) mass is 270 g/mol. The molecule has 6 heteroatoms. The van der Waals surface area contributed by atoms with Crippen LogP contribution in [0.5, 0.6) is 0 Å². The summed E-state index contributed by atoms with van der Waals surface area (Å²) in [5.41, 5.74) is 6.22. The van der Waals surface area contributed by atoms with Gasteiger partial charge in [-0.1, -0.05) is 13.8 Å². The Morgan fingerprint density at radius 1 is 1.61 bits per heavy atom. The van der Waals surface area contributed by atoms with Gasteiger partial charge in [-0.2, -0.15) is 16.9 Å². The summed E-state index contributed by atoms with van der Waals surface area (Å²) in [6.07, 6.45) is 2.49. The standard InChI is InChI=1S/C12H22N4OS/c1-9(2)6-16-12(14-8-15-16)5-10(13)11-7-18-4-3-17-11/h8-11H,3-7,13H2,1-2H3. The molecule has 0 bridgehead atoms. The molecule has 1 fully saturated rings. The molecular formula is C12H22N4OS. The lowest BCUT2D eigenvalue weighted by atomic mass is 10.1. The average Bonchev–Trinajstić information content (AvgIpc) is 2.77. The van der Waals surface area contributed by atoms with Crippen molar-refractivity contribution in [2.24, 2.45) is 11.7 Å². The van der Waals surface area contributed by atoms with Gasteiger partial charge in [0.1, 0.15) is 12.2 Å². The van der Waals surface area contributed by atoms with Gasteiger partial charge >= 0.3 is 0 Å². The number of nitrogens with two attached hydrogens (primary N) is 1. The molecule has 0 amide bonds. The quantitative estimate of drug-likeness (QED) is 0.862. The van der Waals surface area contributed by atoms with Crippen molar-refractivity contribution in [2.45, 2.75) is 39.0 Å². The fourth-order valence-corrected chi connectivity index (χ4v) is 3.00. The van der Waals surface area contributed by atoms with E-state index >= 15 is 0 Å². The van der Waals surface area contributed by atoms with E-state index in [1.165, 1.54) is 0 Å². The third-order valence-electron chi connectivity index (χ3n) is 2.97. The van der Waals surface area contributed by atoms with Gasteiger partial charge in [-0.3, -0.25) is 0 Å². The molecule has 1 aromatic rings. The zero-order chi connectivity index (χ0) is 13.0. The molecule has 2 rings (SSSR count). The molecule has 0 aromatic carbocycles. The summed E-state index contributed by atoms with van der Waals surface area (Å²) < 4.78 is 7.67. The minimum absolute atomic E-state index is 0.00733. The highest BCUT2D eigenvalue weighted by Crippen LogP contribution is 2.16. The molecule has 2 atom stereocenters. The van der Waals surface area contributed by atoms with Crippen molar-refractivity contribution in [2.75, 3.05) is 18.1 Å². The topological polar surface area (TPSA) is 66.0 Å². The Morgan fingerprint density at radius 3 is 3.11 bits per heavy atom. The maximum Gasteiger partial charge on any atom is 0.138 e. The van der Waals surface area contributed by atoms with E-state index in [2.05, 4.69) is 23.9 Å². The fourth-order valence-electron chi connectivity index (χ4n) is 2.04. The third kappa shape index (κ3) is 3.70. The first kappa shape index (κ1) is 13.8. The van der Waals surface area contributed by atoms with Crippen LogP contribution in [0.15, 0.2) is 6.33 Å². The molecule has 18 heavy (non-hydrogen) atoms. The van der Waals surface area contributed by atoms with E-state index in [0.29, 0.717) is 5.92 Å². The van der Waals surface area contributed by atoms with Gasteiger partial charge in [-0.25, -0.2) is 9.67 Å². The van der Waals surface area contributed by atoms with Gasteiger partial charge in [0.05, 0.1) is 12.7 Å². The first-order valence-electron chi connectivity index (χ1n) is 6.48. The van der Waals surface area contributed by atoms with Crippen molar-refractivity contribution >= 4 is 11.8 Å². The highest BCUT2D eigenvalue weighted by Gasteiger charge is 2.23. The minimum Gasteiger partial charge on any atom is -0.375 e. The van der Waals surface area contributed by atoms with Gasteiger partial charge in [-0.15, -0.1) is 0 Å². The van der Waals surface area contributed by atoms with Crippen molar-refractivity contribution < 1.29 is 4.74 Å². The Labute approximate surface area is 112 Å². The largest absolute Gasteiger partial charge is 0.375 e. The van der Waals surface area contributed by atoms with Crippen molar-refractivity contribution in [3.8, 4) is 0 Å². The van der Waals surface area contributed by atoms with Crippen molar-refractivity contribution in [1.29, 1.82) is 0 Å². The molecule has 1 aliphatic rings. The van der Waals surface area contributed by atoms with Gasteiger partial charge in [0.25, 0.3) is 0 Å². The van der Waals surface area contributed by atoms with E-state index in [4.69, 9.17) is 10.5 Å². The number of nitrogens with zero attached hydrogens (tertiary/aromatic N) is 3. The first-order chi connectivity index (χ1) is 8.66. The molecule has 1 aliphatic heterocycles. The van der Waals surface area contributed by atoms with Crippen LogP contribution in [0, 0.1) is 5.92 Å². The molecule has 1 saturated heterocycles. The van der Waals surface area contributed by atoms with Crippen LogP contribution in [-0.2, 0) is 17.7 Å². The molecule has 1 aromatic heterocycles. The molecule has 2 heterocycles. The van der Waals surface area contributed by atoms with Gasteiger partial charge in [-0.05, 0) is 5.92 Å². The molecule has 102 valence electrons. The van der Waals surface area contributed by atoms with E-state index in [0.717, 1.165) is 36.9 Å². The van der Waals surface area contributed by atoms with Gasteiger partial charge in [0, 0.05) is 30.5 Å². The summed E-state index contributed by atoms with van der Waals surface area (Å²) in [6, 6.07) is 0.00733. The second-order valence-corrected chi connectivity index (χ2v) is 6.25. The van der Waals surface area contributed by atoms with E-state index in [-0.39, 0.29) is 12.1 Å². The normalized spacial score (nSPS) is 22.3. The van der Waals surface area contributed by atoms with E-state index in [1.54, 1.807) is 6.33 Å². The van der Waals surface area contributed by atoms with Crippen LogP contribution < -0.4 is 5.73 Å². The van der Waals surface area contributed by atoms with Crippen LogP contribution in [0.1, 0.15) is 19.7 Å². The Bertz CT molecular complexity index is 363. The smallest absolute Gasteiger partial charge is 0.138 e. The molecule has 2 unspecified atom stereocenters. The van der Waals surface area contributed by atoms with Crippen LogP contribution in [0.2, 0.25) is 0 Å². The summed E-state index contributed by atoms with van der Waals surface area (Å²) in [5, 5.41) is 4.26. The fraction of sp³-hybridized carbons (Fsp3) is 0.833. The van der Waals surface area contributed by atoms with Crippen molar-refractivity contribution in [3.05, 3.63) is 12.2 Å². The molecule has 0 aliphatic carbocycles. The second kappa shape index (κ2) is 6.54. The average molecular weight is 270 g/mol. The number of hydrogen-bond donors (Lipinski definition) is 1. The molecule has 0 spiro atoms. The number of ether oxygens (including phenoxy) is 1. The van der Waals surface area contributed by atoms with E-state index in [1.807, 2.05) is 16.4 Å². The van der Waals surface area contributed by atoms with Crippen LogP contribution in [0.4, 0.5) is 0 Å². The lowest BCUT2D eigenvalue weighted by molar-refractivity contribution is 0.0564. The zero-order valence-corrected chi connectivity index (χ0v) is 11.9. The van der Waals surface area contributed by atoms with E-state index < -0.39 is 0 Å². The highest BCUT2D eigenvalue weighted by atomic mass is 32.2. The summed E-state index contributed by atoms with van der Waals surface area (Å²) in [7, 11) is 0. The Balaban J connectivity index is 1.93. The van der Waals surface area contributed by atoms with Crippen LogP contribution in [0.25, 0.3) is 0 Å². The van der Waals surface area contributed by atoms with Gasteiger partial charge in [0.2, 0.25) is 0 Å². The van der Waals surface area contributed by atoms with E-state index in [9.17, 15) is 0 Å². The van der Waals surface area contributed by atoms with Crippen LogP contribution in [-0.4, -0.2) is 45.0 Å². The number of hydrogen-bond acceptors (Lipinski definition) is 5. The first-order valence-corrected chi connectivity index (χ1v) is 7.64. The van der Waals surface area contributed by atoms with Crippen molar-refractivity contribution in [3.63, 3.8) is 0 Å². The summed E-state index contributed by atoms with van der Waals surface area (Å²) >= 11 is 1.91. The molecule has 0 radical (unpaired) electrons. The van der Waals surface area contributed by atoms with Crippen molar-refractivity contribution in [1.82, 2.24) is 14.8 Å². The molecule has 2 N–H and O–H groups in total. The molecule has 0 saturated carbocycles. The minimum atomic E-state index is 0.00733. The predicted octanol–water partition coefficient (Wildman–Crippen LogP) is 0.936. The Morgan fingerprint density at radius 2 is 2.44 bits per heavy atom. The summed E-state index contributed by atoms with van der Waals surface area (Å²) in [4.78, 5) is 4.31. The number of thioether (sulfide) groups is 1. The number of aromatic nitrogens is 3. The maximum absolute atomic E-state index is 6.22. The second-order valence-electron chi connectivity index (χ2n) is 5.10. The highest BCUT2D eigenvalue weighted by molar-refractivity contribution is 7.99. The molecule has 5 nitrogen and oxygen atoms in total.